The Morgan fingerprint density at radius 2 is 1.42 bits per heavy atom. The van der Waals surface area contributed by atoms with Crippen LogP contribution in [0.4, 0.5) is 28.5 Å². The van der Waals surface area contributed by atoms with Crippen molar-refractivity contribution in [3.63, 3.8) is 0 Å². The van der Waals surface area contributed by atoms with Gasteiger partial charge in [0.25, 0.3) is 23.6 Å². The number of esters is 1. The lowest BCUT2D eigenvalue weighted by Gasteiger charge is -2.42. The van der Waals surface area contributed by atoms with Crippen molar-refractivity contribution in [2.45, 2.75) is 212 Å². The maximum Gasteiger partial charge on any atom is 0.407 e. The number of hydrogen-bond donors (Lipinski definition) is 8. The van der Waals surface area contributed by atoms with Crippen molar-refractivity contribution in [3.8, 4) is 16.9 Å². The van der Waals surface area contributed by atoms with E-state index in [1.807, 2.05) is 83.2 Å². The van der Waals surface area contributed by atoms with Gasteiger partial charge in [-0.15, -0.1) is 0 Å². The molecule has 2 aromatic carbocycles. The first kappa shape index (κ1) is 103. The standard InChI is InChI=1S/C99H132N20O20/c1-59-14-10-9-11-15-60(2)79(132-7)50-72-22-17-64(6)99(131,139-72)89(126)93(128)118-29-13-12-16-75(118)94(129)136-80(51-76(120)61(3)45-63(5)87(124)88(125)86(123)62(4)44-59)73(100)46-65-18-23-78(81(47-65)133-8)138-98(130)108-54-66-52-104-96(105-53-66)116-37-35-114(36-38-116)82(121)26-41-135-43-39-113-31-33-115(34-32-113)97-106-55-70(56-107-97)92(127)103-28-42-134-40-27-83(122)117-30-25-67-19-21-71(48-69(67)57-117)119-91-84(90(101)109-58-110-91)85(112-119)68-20-24-77-74(49-68)111-95(102)137-77/h9-11,14-15,19-21,24,45,48-49,52-53,55-56,58-59,61-62,64-65,72-73,75,78-81,87-88,124-125,131H,12-13,16-18,22-23,25-44,46-47,50-51,54,57,100H2,1-8H3,(H2,102,111)(H,103,127)(H,108,130)(H2,101,109,110)/b11-9?,14-10+,60-15?,63-45+/t59-,61-,62-,64-,65+,72+,73-,75+,78-,79+,80+,81-,87-,88+,99-/m1/s1. The van der Waals surface area contributed by atoms with Crippen LogP contribution in [0.2, 0.25) is 0 Å². The number of aliphatic hydroxyl groups is 3. The van der Waals surface area contributed by atoms with Gasteiger partial charge in [-0.25, -0.2) is 44.2 Å². The van der Waals surface area contributed by atoms with E-state index in [1.165, 1.54) is 38.8 Å². The molecule has 5 amide bonds. The molecule has 40 heteroatoms. The quantitative estimate of drug-likeness (QED) is 0.0132. The van der Waals surface area contributed by atoms with Crippen molar-refractivity contribution in [1.82, 2.24) is 74.9 Å². The summed E-state index contributed by atoms with van der Waals surface area (Å²) in [6, 6.07) is 9.28. The fourth-order valence-electron chi connectivity index (χ4n) is 19.4. The lowest BCUT2D eigenvalue weighted by Crippen LogP contribution is -2.61. The van der Waals surface area contributed by atoms with Gasteiger partial charge in [0.05, 0.1) is 74.2 Å². The number of cyclic esters (lactones) is 1. The van der Waals surface area contributed by atoms with E-state index in [1.54, 1.807) is 51.0 Å². The number of carbonyl (C=O) groups excluding carboxylic acids is 9. The second-order valence-electron chi connectivity index (χ2n) is 37.6. The molecule has 40 nitrogen and oxygen atoms in total. The van der Waals surface area contributed by atoms with Crippen LogP contribution in [0.5, 0.6) is 0 Å². The second kappa shape index (κ2) is 47.8. The SMILES string of the molecule is CO[C@H]1C[C@@H]2CC[C@@H](C)[C@@](O)(O2)C(=O)C(=O)N2CCCC[C@H]2C(=O)O[C@H]([C@H](N)C[C@@H]2CC[C@@H](OC(=O)NCc3cnc(N4CCN(C(=O)CCOCCN5CCN(c6ncc(C(=O)NCCOCCC(=O)N7CCc8ccc(-n9nc(-c%10ccc%11oc(N)nc%11c%10)c%10c(N)ncnc%109)cc8C7)cn6)CC5)CC4)nc3)[C@H](OC)C2)CC(=O)[C@H](C)/C=C(\C)[C@@H](O)[C@@H](O)C(=O)[C@H](C)C[C@H](C)/C=C/C=CC=C1C. The van der Waals surface area contributed by atoms with Crippen molar-refractivity contribution >= 4 is 98.9 Å². The Morgan fingerprint density at radius 1 is 0.698 bits per heavy atom. The Balaban J connectivity index is 0.472. The van der Waals surface area contributed by atoms with Crippen LogP contribution >= 0.6 is 0 Å². The molecule has 11 heterocycles. The van der Waals surface area contributed by atoms with Crippen molar-refractivity contribution in [3.05, 3.63) is 137 Å². The Hall–Kier alpha value is -12.0. The number of nitrogens with two attached hydrogens (primary N) is 3. The lowest BCUT2D eigenvalue weighted by molar-refractivity contribution is -0.265. The zero-order valence-corrected chi connectivity index (χ0v) is 80.5. The summed E-state index contributed by atoms with van der Waals surface area (Å²) < 4.78 is 49.2. The highest BCUT2D eigenvalue weighted by Gasteiger charge is 2.54. The number of nitrogen functional groups attached to an aromatic ring is 2. The third-order valence-corrected chi connectivity index (χ3v) is 27.8. The van der Waals surface area contributed by atoms with Gasteiger partial charge in [0.2, 0.25) is 29.5 Å². The minimum absolute atomic E-state index is 0.00670. The maximum absolute atomic E-state index is 14.7. The number of allylic oxidation sites excluding steroid dienone is 6. The average Bonchev–Trinajstić information content (AvgIpc) is 1.58. The number of aromatic nitrogens is 9. The number of nitrogens with zero attached hydrogens (tertiary/aromatic N) is 15. The Labute approximate surface area is 807 Å². The van der Waals surface area contributed by atoms with E-state index in [0.29, 0.717) is 174 Å². The number of oxazole rings is 1. The number of piperazine rings is 2. The number of aliphatic hydroxyl groups excluding tert-OH is 2. The number of rotatable bonds is 25. The summed E-state index contributed by atoms with van der Waals surface area (Å²) in [5, 5.41) is 45.9. The normalized spacial score (nSPS) is 26.5. The van der Waals surface area contributed by atoms with E-state index in [4.69, 9.17) is 59.9 Å². The second-order valence-corrected chi connectivity index (χ2v) is 37.6. The number of Topliss-reactive ketones (excluding diaryl/α,β-unsaturated/α-hetero) is 3. The number of fused-ring (bicyclic) bond motifs is 6. The van der Waals surface area contributed by atoms with Crippen LogP contribution in [0.25, 0.3) is 39.1 Å². The van der Waals surface area contributed by atoms with Crippen molar-refractivity contribution in [2.75, 3.05) is 140 Å². The van der Waals surface area contributed by atoms with Crippen LogP contribution in [-0.4, -0.2) is 312 Å². The molecular formula is C99H132N20O20. The van der Waals surface area contributed by atoms with E-state index in [-0.39, 0.29) is 119 Å². The molecule has 748 valence electrons. The predicted octanol–water partition coefficient (Wildman–Crippen LogP) is 6.43. The molecular weight excluding hydrogens is 1790 g/mol. The van der Waals surface area contributed by atoms with Gasteiger partial charge in [-0.05, 0) is 149 Å². The fraction of sp³-hybridized carbons (Fsp3) is 0.566. The number of ether oxygens (including phenoxy) is 7. The van der Waals surface area contributed by atoms with Crippen molar-refractivity contribution in [1.29, 1.82) is 0 Å². The molecule has 14 rings (SSSR count). The monoisotopic (exact) mass is 1920 g/mol. The fourth-order valence-corrected chi connectivity index (χ4v) is 19.4. The number of carbonyl (C=O) groups is 9. The van der Waals surface area contributed by atoms with Crippen molar-refractivity contribution < 1.29 is 96.0 Å². The molecule has 2 bridgehead atoms. The van der Waals surface area contributed by atoms with E-state index >= 15 is 0 Å². The molecule has 1 saturated carbocycles. The number of benzene rings is 2. The lowest BCUT2D eigenvalue weighted by atomic mass is 9.80. The molecule has 15 atom stereocenters. The number of ketones is 3. The molecule has 7 aromatic rings. The van der Waals surface area contributed by atoms with Gasteiger partial charge in [0, 0.05) is 178 Å². The first-order valence-electron chi connectivity index (χ1n) is 48.4. The minimum atomic E-state index is -2.52. The molecule has 7 aliphatic rings. The largest absolute Gasteiger partial charge is 0.459 e. The number of hydrogen-bond acceptors (Lipinski definition) is 34. The maximum atomic E-state index is 14.7. The number of methoxy groups -OCH3 is 2. The van der Waals surface area contributed by atoms with Gasteiger partial charge < -0.3 is 105 Å². The molecule has 1 aliphatic carbocycles. The highest BCUT2D eigenvalue weighted by molar-refractivity contribution is 6.39. The summed E-state index contributed by atoms with van der Waals surface area (Å²) in [5.74, 6) is -8.54. The molecule has 11 N–H and O–H groups in total. The summed E-state index contributed by atoms with van der Waals surface area (Å²) in [4.78, 5) is 168. The number of amides is 5. The number of piperidine rings is 1. The molecule has 5 aromatic heterocycles. The van der Waals surface area contributed by atoms with Crippen LogP contribution in [0.15, 0.2) is 120 Å². The third-order valence-electron chi connectivity index (χ3n) is 27.8. The summed E-state index contributed by atoms with van der Waals surface area (Å²) in [7, 11) is 3.06. The van der Waals surface area contributed by atoms with E-state index in [9.17, 15) is 58.5 Å². The first-order chi connectivity index (χ1) is 66.9. The molecule has 0 spiro atoms. The van der Waals surface area contributed by atoms with Gasteiger partial charge >= 0.3 is 12.1 Å². The van der Waals surface area contributed by atoms with Gasteiger partial charge in [-0.3, -0.25) is 38.5 Å². The summed E-state index contributed by atoms with van der Waals surface area (Å²) in [6.07, 6.45) is 15.2. The third kappa shape index (κ3) is 26.0. The zero-order valence-electron chi connectivity index (χ0n) is 80.5. The molecule has 6 aliphatic heterocycles. The Kier molecular flexibility index (Phi) is 35.4. The summed E-state index contributed by atoms with van der Waals surface area (Å²) >= 11 is 0. The number of anilines is 4. The highest BCUT2D eigenvalue weighted by Crippen LogP contribution is 2.40. The van der Waals surface area contributed by atoms with Crippen LogP contribution in [0.3, 0.4) is 0 Å². The molecule has 5 fully saturated rings. The van der Waals surface area contributed by atoms with Gasteiger partial charge in [-0.1, -0.05) is 70.2 Å². The number of nitrogens with one attached hydrogen (secondary N) is 2. The average molecular weight is 1920 g/mol. The Morgan fingerprint density at radius 3 is 2.15 bits per heavy atom. The molecule has 4 saturated heterocycles. The van der Waals surface area contributed by atoms with Gasteiger partial charge in [-0.2, -0.15) is 10.1 Å². The summed E-state index contributed by atoms with van der Waals surface area (Å²) in [5.41, 5.74) is 27.0. The minimum Gasteiger partial charge on any atom is -0.459 e. The predicted molar refractivity (Wildman–Crippen MR) is 513 cm³/mol. The zero-order chi connectivity index (χ0) is 98.7. The van der Waals surface area contributed by atoms with E-state index in [2.05, 4.69) is 61.4 Å². The van der Waals surface area contributed by atoms with Crippen LogP contribution in [0.1, 0.15) is 158 Å². The summed E-state index contributed by atoms with van der Waals surface area (Å²) in [6.45, 7) is 18.1. The van der Waals surface area contributed by atoms with Gasteiger partial charge in [0.1, 0.15) is 59.6 Å². The van der Waals surface area contributed by atoms with Crippen molar-refractivity contribution in [2.24, 2.45) is 35.3 Å². The van der Waals surface area contributed by atoms with Gasteiger partial charge in [0.15, 0.2) is 17.0 Å². The molecule has 0 unspecified atom stereocenters. The van der Waals surface area contributed by atoms with E-state index < -0.39 is 120 Å². The first-order valence-corrected chi connectivity index (χ1v) is 48.4. The smallest absolute Gasteiger partial charge is 0.407 e. The van der Waals surface area contributed by atoms with E-state index in [0.717, 1.165) is 45.9 Å². The molecule has 139 heavy (non-hydrogen) atoms. The van der Waals surface area contributed by atoms with Crippen LogP contribution < -0.4 is 37.6 Å². The van der Waals surface area contributed by atoms with Crippen LogP contribution in [-0.2, 0) is 86.2 Å². The topological polar surface area (TPSA) is 522 Å². The Bertz CT molecular complexity index is 5600. The number of alkyl carbamates (subject to hydrolysis) is 1. The molecule has 0 radical (unpaired) electrons. The van der Waals surface area contributed by atoms with Crippen LogP contribution in [0, 0.1) is 29.6 Å². The highest BCUT2D eigenvalue weighted by atomic mass is 16.6.